The third kappa shape index (κ3) is 2.58. The maximum Gasteiger partial charge on any atom is 0.256 e. The van der Waals surface area contributed by atoms with E-state index >= 15 is 0 Å². The fraction of sp³-hybridized carbons (Fsp3) is 0.417. The minimum absolute atomic E-state index is 0.216. The van der Waals surface area contributed by atoms with Gasteiger partial charge >= 0.3 is 0 Å². The van der Waals surface area contributed by atoms with Crippen molar-refractivity contribution in [3.8, 4) is 6.07 Å². The number of carbonyl (C=O) groups excluding carboxylic acids is 1. The Kier molecular flexibility index (Phi) is 4.05. The first kappa shape index (κ1) is 13.1. The number of likely N-dealkylation sites (tertiary alicyclic amines) is 1. The molecular formula is C12H11Cl2N3O. The molecule has 1 aromatic heterocycles. The first-order chi connectivity index (χ1) is 8.63. The average molecular weight is 284 g/mol. The van der Waals surface area contributed by atoms with Gasteiger partial charge in [0.15, 0.2) is 0 Å². The number of hydrogen-bond acceptors (Lipinski definition) is 3. The Morgan fingerprint density at radius 1 is 1.50 bits per heavy atom. The molecule has 0 aromatic carbocycles. The van der Waals surface area contributed by atoms with Crippen LogP contribution in [0.3, 0.4) is 0 Å². The fourth-order valence-electron chi connectivity index (χ4n) is 2.04. The number of pyridine rings is 1. The Balaban J connectivity index is 2.30. The highest BCUT2D eigenvalue weighted by Gasteiger charge is 2.28. The summed E-state index contributed by atoms with van der Waals surface area (Å²) in [5.41, 5.74) is 0.304. The lowest BCUT2D eigenvalue weighted by molar-refractivity contribution is 0.0670. The summed E-state index contributed by atoms with van der Waals surface area (Å²) >= 11 is 11.7. The molecular weight excluding hydrogens is 273 g/mol. The summed E-state index contributed by atoms with van der Waals surface area (Å²) < 4.78 is 0. The number of nitrogens with zero attached hydrogens (tertiary/aromatic N) is 3. The van der Waals surface area contributed by atoms with Crippen LogP contribution in [-0.4, -0.2) is 28.4 Å². The summed E-state index contributed by atoms with van der Waals surface area (Å²) in [5, 5.41) is 9.54. The zero-order valence-electron chi connectivity index (χ0n) is 9.57. The topological polar surface area (TPSA) is 57.0 Å². The van der Waals surface area contributed by atoms with Crippen LogP contribution >= 0.6 is 23.2 Å². The fourth-order valence-corrected chi connectivity index (χ4v) is 2.38. The number of rotatable bonds is 1. The molecule has 94 valence electrons. The lowest BCUT2D eigenvalue weighted by atomic mass is 10.0. The van der Waals surface area contributed by atoms with Crippen molar-refractivity contribution < 1.29 is 4.79 Å². The zero-order chi connectivity index (χ0) is 13.1. The quantitative estimate of drug-likeness (QED) is 0.745. The smallest absolute Gasteiger partial charge is 0.256 e. The highest BCUT2D eigenvalue weighted by atomic mass is 35.5. The zero-order valence-corrected chi connectivity index (χ0v) is 11.1. The van der Waals surface area contributed by atoms with E-state index < -0.39 is 0 Å². The normalized spacial score (nSPS) is 19.4. The molecule has 1 saturated heterocycles. The number of nitriles is 1. The molecule has 0 N–H and O–H groups in total. The van der Waals surface area contributed by atoms with Crippen LogP contribution in [0.4, 0.5) is 0 Å². The monoisotopic (exact) mass is 283 g/mol. The number of piperidine rings is 1. The van der Waals surface area contributed by atoms with Gasteiger partial charge in [0, 0.05) is 12.7 Å². The second kappa shape index (κ2) is 5.55. The standard InChI is InChI=1S/C12H11Cl2N3O/c13-10-7-16-11(14)5-9(10)12(18)17-4-2-1-3-8(17)6-15/h5,7-8H,1-4H2. The van der Waals surface area contributed by atoms with Crippen molar-refractivity contribution in [2.45, 2.75) is 25.3 Å². The van der Waals surface area contributed by atoms with Crippen LogP contribution in [0.2, 0.25) is 10.2 Å². The second-order valence-electron chi connectivity index (χ2n) is 4.13. The van der Waals surface area contributed by atoms with Crippen molar-refractivity contribution in [2.75, 3.05) is 6.54 Å². The summed E-state index contributed by atoms with van der Waals surface area (Å²) in [5.74, 6) is -0.254. The summed E-state index contributed by atoms with van der Waals surface area (Å²) in [7, 11) is 0. The molecule has 0 bridgehead atoms. The number of halogens is 2. The second-order valence-corrected chi connectivity index (χ2v) is 4.92. The lowest BCUT2D eigenvalue weighted by Crippen LogP contribution is -2.43. The SMILES string of the molecule is N#CC1CCCCN1C(=O)c1cc(Cl)ncc1Cl. The first-order valence-electron chi connectivity index (χ1n) is 5.65. The average Bonchev–Trinajstić information content (AvgIpc) is 2.40. The highest BCUT2D eigenvalue weighted by molar-refractivity contribution is 6.35. The van der Waals surface area contributed by atoms with E-state index in [0.29, 0.717) is 18.5 Å². The molecule has 0 saturated carbocycles. The third-order valence-electron chi connectivity index (χ3n) is 2.97. The maximum absolute atomic E-state index is 12.3. The van der Waals surface area contributed by atoms with Crippen molar-refractivity contribution in [3.63, 3.8) is 0 Å². The van der Waals surface area contributed by atoms with Crippen molar-refractivity contribution in [3.05, 3.63) is 28.0 Å². The Morgan fingerprint density at radius 3 is 3.00 bits per heavy atom. The molecule has 1 aromatic rings. The summed E-state index contributed by atoms with van der Waals surface area (Å²) in [4.78, 5) is 17.7. The molecule has 1 fully saturated rings. The molecule has 1 aliphatic heterocycles. The summed E-state index contributed by atoms with van der Waals surface area (Å²) in [6.45, 7) is 0.577. The van der Waals surface area contributed by atoms with Gasteiger partial charge in [-0.05, 0) is 25.3 Å². The molecule has 1 amide bonds. The van der Waals surface area contributed by atoms with E-state index in [-0.39, 0.29) is 22.1 Å². The minimum Gasteiger partial charge on any atom is -0.323 e. The van der Waals surface area contributed by atoms with Crippen LogP contribution in [0.25, 0.3) is 0 Å². The van der Waals surface area contributed by atoms with E-state index in [4.69, 9.17) is 28.5 Å². The molecule has 0 aliphatic carbocycles. The van der Waals surface area contributed by atoms with Gasteiger partial charge in [-0.1, -0.05) is 23.2 Å². The Bertz CT molecular complexity index is 513. The van der Waals surface area contributed by atoms with E-state index in [2.05, 4.69) is 11.1 Å². The Hall–Kier alpha value is -1.31. The van der Waals surface area contributed by atoms with E-state index in [1.807, 2.05) is 0 Å². The van der Waals surface area contributed by atoms with Gasteiger partial charge in [-0.2, -0.15) is 5.26 Å². The van der Waals surface area contributed by atoms with Crippen LogP contribution in [0, 0.1) is 11.3 Å². The molecule has 6 heteroatoms. The number of carbonyl (C=O) groups is 1. The Morgan fingerprint density at radius 2 is 2.28 bits per heavy atom. The van der Waals surface area contributed by atoms with Crippen LogP contribution in [0.15, 0.2) is 12.3 Å². The molecule has 4 nitrogen and oxygen atoms in total. The number of amides is 1. The van der Waals surface area contributed by atoms with E-state index in [0.717, 1.165) is 12.8 Å². The van der Waals surface area contributed by atoms with Gasteiger partial charge in [-0.3, -0.25) is 4.79 Å². The molecule has 2 rings (SSSR count). The Labute approximate surface area is 115 Å². The van der Waals surface area contributed by atoms with Crippen molar-refractivity contribution >= 4 is 29.1 Å². The van der Waals surface area contributed by atoms with Gasteiger partial charge < -0.3 is 4.90 Å². The van der Waals surface area contributed by atoms with Crippen LogP contribution in [0.1, 0.15) is 29.6 Å². The predicted molar refractivity (Wildman–Crippen MR) is 68.5 cm³/mol. The summed E-state index contributed by atoms with van der Waals surface area (Å²) in [6, 6.07) is 3.21. The van der Waals surface area contributed by atoms with E-state index in [1.54, 1.807) is 4.90 Å². The molecule has 1 atom stereocenters. The highest BCUT2D eigenvalue weighted by Crippen LogP contribution is 2.24. The van der Waals surface area contributed by atoms with Gasteiger partial charge in [-0.15, -0.1) is 0 Å². The third-order valence-corrected chi connectivity index (χ3v) is 3.47. The minimum atomic E-state index is -0.380. The van der Waals surface area contributed by atoms with Crippen molar-refractivity contribution in [1.82, 2.24) is 9.88 Å². The van der Waals surface area contributed by atoms with Gasteiger partial charge in [0.05, 0.1) is 16.7 Å². The first-order valence-corrected chi connectivity index (χ1v) is 6.40. The van der Waals surface area contributed by atoms with E-state index in [9.17, 15) is 4.79 Å². The van der Waals surface area contributed by atoms with Gasteiger partial charge in [-0.25, -0.2) is 4.98 Å². The molecule has 0 radical (unpaired) electrons. The largest absolute Gasteiger partial charge is 0.323 e. The van der Waals surface area contributed by atoms with E-state index in [1.165, 1.54) is 12.3 Å². The predicted octanol–water partition coefficient (Wildman–Crippen LogP) is 2.91. The molecule has 18 heavy (non-hydrogen) atoms. The molecule has 1 aliphatic rings. The van der Waals surface area contributed by atoms with Crippen LogP contribution in [-0.2, 0) is 0 Å². The number of hydrogen-bond donors (Lipinski definition) is 0. The molecule has 1 unspecified atom stereocenters. The van der Waals surface area contributed by atoms with Crippen molar-refractivity contribution in [2.24, 2.45) is 0 Å². The van der Waals surface area contributed by atoms with Gasteiger partial charge in [0.2, 0.25) is 0 Å². The molecule has 0 spiro atoms. The molecule has 2 heterocycles. The number of aromatic nitrogens is 1. The van der Waals surface area contributed by atoms with Crippen LogP contribution in [0.5, 0.6) is 0 Å². The van der Waals surface area contributed by atoms with Crippen LogP contribution < -0.4 is 0 Å². The lowest BCUT2D eigenvalue weighted by Gasteiger charge is -2.31. The van der Waals surface area contributed by atoms with Gasteiger partial charge in [0.1, 0.15) is 11.2 Å². The van der Waals surface area contributed by atoms with Gasteiger partial charge in [0.25, 0.3) is 5.91 Å². The summed E-state index contributed by atoms with van der Waals surface area (Å²) in [6.07, 6.45) is 3.92. The maximum atomic E-state index is 12.3. The van der Waals surface area contributed by atoms with Crippen molar-refractivity contribution in [1.29, 1.82) is 5.26 Å².